The third-order valence-electron chi connectivity index (χ3n) is 4.15. The first-order valence-electron chi connectivity index (χ1n) is 6.94. The third-order valence-corrected chi connectivity index (χ3v) is 4.15. The highest BCUT2D eigenvalue weighted by molar-refractivity contribution is 5.79. The summed E-state index contributed by atoms with van der Waals surface area (Å²) in [5.74, 6) is -1.11. The number of fused-ring (bicyclic) bond motifs is 2. The maximum Gasteiger partial charge on any atom is 0.317 e. The van der Waals surface area contributed by atoms with Crippen LogP contribution >= 0.6 is 0 Å². The van der Waals surface area contributed by atoms with Crippen molar-refractivity contribution in [3.8, 4) is 0 Å². The number of nitrogens with zero attached hydrogens (tertiary/aromatic N) is 1. The van der Waals surface area contributed by atoms with Gasteiger partial charge >= 0.3 is 12.0 Å². The van der Waals surface area contributed by atoms with Gasteiger partial charge in [0.05, 0.1) is 5.92 Å². The molecular weight excluding hydrogens is 232 g/mol. The smallest absolute Gasteiger partial charge is 0.317 e. The van der Waals surface area contributed by atoms with E-state index >= 15 is 0 Å². The summed E-state index contributed by atoms with van der Waals surface area (Å²) in [5.41, 5.74) is 0. The molecule has 0 aromatic carbocycles. The summed E-state index contributed by atoms with van der Waals surface area (Å²) < 4.78 is 0. The largest absolute Gasteiger partial charge is 0.481 e. The molecule has 0 aliphatic carbocycles. The van der Waals surface area contributed by atoms with E-state index in [0.29, 0.717) is 13.0 Å². The van der Waals surface area contributed by atoms with Crippen LogP contribution in [0.4, 0.5) is 4.79 Å². The van der Waals surface area contributed by atoms with Gasteiger partial charge in [0.25, 0.3) is 0 Å². The molecule has 0 saturated carbocycles. The number of aliphatic carboxylic acids is 1. The molecule has 3 unspecified atom stereocenters. The molecule has 2 aliphatic heterocycles. The van der Waals surface area contributed by atoms with Crippen LogP contribution in [0.2, 0.25) is 0 Å². The second-order valence-corrected chi connectivity index (χ2v) is 5.33. The topological polar surface area (TPSA) is 69.6 Å². The van der Waals surface area contributed by atoms with Crippen molar-refractivity contribution in [2.45, 2.75) is 57.5 Å². The zero-order chi connectivity index (χ0) is 13.1. The van der Waals surface area contributed by atoms with Gasteiger partial charge in [0, 0.05) is 18.6 Å². The summed E-state index contributed by atoms with van der Waals surface area (Å²) in [7, 11) is 0. The number of carbonyl (C=O) groups is 2. The Balaban J connectivity index is 1.86. The monoisotopic (exact) mass is 254 g/mol. The average Bonchev–Trinajstić information content (AvgIpc) is 2.91. The predicted molar refractivity (Wildman–Crippen MR) is 67.3 cm³/mol. The number of hydrogen-bond acceptors (Lipinski definition) is 2. The van der Waals surface area contributed by atoms with Gasteiger partial charge in [-0.25, -0.2) is 4.79 Å². The quantitative estimate of drug-likeness (QED) is 0.735. The molecule has 2 bridgehead atoms. The van der Waals surface area contributed by atoms with Crippen LogP contribution in [0.3, 0.4) is 0 Å². The van der Waals surface area contributed by atoms with E-state index in [2.05, 4.69) is 12.2 Å². The van der Waals surface area contributed by atoms with Gasteiger partial charge < -0.3 is 15.3 Å². The highest BCUT2D eigenvalue weighted by Crippen LogP contribution is 2.41. The lowest BCUT2D eigenvalue weighted by Crippen LogP contribution is -2.44. The average molecular weight is 254 g/mol. The van der Waals surface area contributed by atoms with Gasteiger partial charge in [0.1, 0.15) is 0 Å². The summed E-state index contributed by atoms with van der Waals surface area (Å²) in [6.07, 6.45) is 5.66. The van der Waals surface area contributed by atoms with Gasteiger partial charge in [-0.15, -0.1) is 0 Å². The minimum Gasteiger partial charge on any atom is -0.481 e. The Labute approximate surface area is 108 Å². The van der Waals surface area contributed by atoms with Crippen LogP contribution in [0.5, 0.6) is 0 Å². The summed E-state index contributed by atoms with van der Waals surface area (Å²) in [5, 5.41) is 12.0. The molecule has 2 fully saturated rings. The van der Waals surface area contributed by atoms with Gasteiger partial charge in [0.2, 0.25) is 0 Å². The van der Waals surface area contributed by atoms with Crippen molar-refractivity contribution in [2.75, 3.05) is 6.54 Å². The molecule has 2 saturated heterocycles. The van der Waals surface area contributed by atoms with Crippen molar-refractivity contribution in [3.05, 3.63) is 0 Å². The van der Waals surface area contributed by atoms with E-state index in [-0.39, 0.29) is 24.0 Å². The second-order valence-electron chi connectivity index (χ2n) is 5.33. The normalized spacial score (nSPS) is 29.6. The molecule has 2 rings (SSSR count). The molecule has 2 N–H and O–H groups in total. The number of carbonyl (C=O) groups excluding carboxylic acids is 1. The van der Waals surface area contributed by atoms with Crippen molar-refractivity contribution in [3.63, 3.8) is 0 Å². The van der Waals surface area contributed by atoms with Crippen LogP contribution < -0.4 is 5.32 Å². The first-order chi connectivity index (χ1) is 8.65. The minimum absolute atomic E-state index is 0.0673. The number of urea groups is 1. The fourth-order valence-electron chi connectivity index (χ4n) is 3.23. The number of amides is 2. The predicted octanol–water partition coefficient (Wildman–Crippen LogP) is 1.82. The lowest BCUT2D eigenvalue weighted by atomic mass is 9.89. The third kappa shape index (κ3) is 2.44. The molecule has 102 valence electrons. The lowest BCUT2D eigenvalue weighted by molar-refractivity contribution is -0.142. The lowest BCUT2D eigenvalue weighted by Gasteiger charge is -2.23. The van der Waals surface area contributed by atoms with Crippen LogP contribution in [0.15, 0.2) is 0 Å². The molecule has 0 radical (unpaired) electrons. The zero-order valence-corrected chi connectivity index (χ0v) is 10.9. The summed E-state index contributed by atoms with van der Waals surface area (Å²) >= 11 is 0. The fourth-order valence-corrected chi connectivity index (χ4v) is 3.23. The van der Waals surface area contributed by atoms with E-state index in [9.17, 15) is 9.59 Å². The Morgan fingerprint density at radius 3 is 2.72 bits per heavy atom. The SMILES string of the molecule is CCCCCNC(=O)N1C2CCC1C(C(=O)O)C2. The molecule has 2 heterocycles. The second kappa shape index (κ2) is 5.59. The minimum atomic E-state index is -0.758. The number of rotatable bonds is 5. The molecule has 0 spiro atoms. The van der Waals surface area contributed by atoms with Gasteiger partial charge in [-0.05, 0) is 25.7 Å². The number of unbranched alkanes of at least 4 members (excludes halogenated alkanes) is 2. The number of nitrogens with one attached hydrogen (secondary N) is 1. The highest BCUT2D eigenvalue weighted by atomic mass is 16.4. The van der Waals surface area contributed by atoms with Crippen molar-refractivity contribution in [1.29, 1.82) is 0 Å². The summed E-state index contributed by atoms with van der Waals surface area (Å²) in [6.45, 7) is 2.82. The Hall–Kier alpha value is -1.26. The van der Waals surface area contributed by atoms with Gasteiger partial charge in [-0.2, -0.15) is 0 Å². The van der Waals surface area contributed by atoms with Crippen molar-refractivity contribution in [2.24, 2.45) is 5.92 Å². The van der Waals surface area contributed by atoms with E-state index < -0.39 is 5.97 Å². The standard InChI is InChI=1S/C13H22N2O3/c1-2-3-4-7-14-13(18)15-9-5-6-11(15)10(8-9)12(16)17/h9-11H,2-8H2,1H3,(H,14,18)(H,16,17). The number of carboxylic acids is 1. The molecule has 5 heteroatoms. The van der Waals surface area contributed by atoms with Crippen molar-refractivity contribution >= 4 is 12.0 Å². The molecule has 18 heavy (non-hydrogen) atoms. The van der Waals surface area contributed by atoms with E-state index in [4.69, 9.17) is 5.11 Å². The summed E-state index contributed by atoms with van der Waals surface area (Å²) in [6, 6.07) is -0.0108. The Morgan fingerprint density at radius 1 is 1.33 bits per heavy atom. The molecular formula is C13H22N2O3. The Morgan fingerprint density at radius 2 is 2.11 bits per heavy atom. The summed E-state index contributed by atoms with van der Waals surface area (Å²) in [4.78, 5) is 24.9. The van der Waals surface area contributed by atoms with Gasteiger partial charge in [0.15, 0.2) is 0 Å². The van der Waals surface area contributed by atoms with Crippen molar-refractivity contribution < 1.29 is 14.7 Å². The molecule has 0 aromatic heterocycles. The molecule has 2 amide bonds. The molecule has 2 aliphatic rings. The van der Waals surface area contributed by atoms with Crippen LogP contribution in [-0.2, 0) is 4.79 Å². The maximum atomic E-state index is 12.1. The van der Waals surface area contributed by atoms with E-state index in [1.165, 1.54) is 0 Å². The molecule has 0 aromatic rings. The van der Waals surface area contributed by atoms with Gasteiger partial charge in [-0.3, -0.25) is 4.79 Å². The van der Waals surface area contributed by atoms with Gasteiger partial charge in [-0.1, -0.05) is 19.8 Å². The first-order valence-corrected chi connectivity index (χ1v) is 6.94. The van der Waals surface area contributed by atoms with Crippen LogP contribution in [0, 0.1) is 5.92 Å². The van der Waals surface area contributed by atoms with E-state index in [1.54, 1.807) is 4.90 Å². The molecule has 3 atom stereocenters. The maximum absolute atomic E-state index is 12.1. The first kappa shape index (κ1) is 13.2. The Bertz CT molecular complexity index is 332. The van der Waals surface area contributed by atoms with Crippen LogP contribution in [0.25, 0.3) is 0 Å². The Kier molecular flexibility index (Phi) is 4.09. The fraction of sp³-hybridized carbons (Fsp3) is 0.846. The van der Waals surface area contributed by atoms with Crippen molar-refractivity contribution in [1.82, 2.24) is 10.2 Å². The van der Waals surface area contributed by atoms with Crippen LogP contribution in [0.1, 0.15) is 45.4 Å². The van der Waals surface area contributed by atoms with E-state index in [1.807, 2.05) is 0 Å². The van der Waals surface area contributed by atoms with E-state index in [0.717, 1.165) is 32.1 Å². The number of carboxylic acid groups (broad SMARTS) is 1. The molecule has 5 nitrogen and oxygen atoms in total. The number of hydrogen-bond donors (Lipinski definition) is 2. The zero-order valence-electron chi connectivity index (χ0n) is 10.9. The highest BCUT2D eigenvalue weighted by Gasteiger charge is 2.51. The van der Waals surface area contributed by atoms with Crippen LogP contribution in [-0.4, -0.2) is 40.6 Å².